The molecule has 1 heterocycles. The van der Waals surface area contributed by atoms with Crippen molar-refractivity contribution in [3.8, 4) is 11.5 Å². The molecule has 0 atom stereocenters. The van der Waals surface area contributed by atoms with Crippen LogP contribution in [0.1, 0.15) is 16.1 Å². The quantitative estimate of drug-likeness (QED) is 0.683. The van der Waals surface area contributed by atoms with Gasteiger partial charge in [0.25, 0.3) is 5.91 Å². The number of ether oxygens (including phenoxy) is 2. The number of nitrogens with zero attached hydrogens (tertiary/aromatic N) is 1. The van der Waals surface area contributed by atoms with Crippen molar-refractivity contribution in [3.63, 3.8) is 0 Å². The van der Waals surface area contributed by atoms with Crippen LogP contribution in [0.4, 0.5) is 5.13 Å². The number of hydrogen-bond donors (Lipinski definition) is 1. The molecule has 0 aliphatic heterocycles. The zero-order valence-electron chi connectivity index (χ0n) is 14.7. The summed E-state index contributed by atoms with van der Waals surface area (Å²) in [6, 6.07) is 17.2. The monoisotopic (exact) mass is 368 g/mol. The number of hydrogen-bond acceptors (Lipinski definition) is 5. The fraction of sp³-hybridized carbons (Fsp3) is 0.200. The second kappa shape index (κ2) is 8.49. The molecule has 26 heavy (non-hydrogen) atoms. The van der Waals surface area contributed by atoms with Crippen molar-refractivity contribution in [1.82, 2.24) is 4.98 Å². The van der Waals surface area contributed by atoms with E-state index >= 15 is 0 Å². The maximum atomic E-state index is 12.1. The summed E-state index contributed by atoms with van der Waals surface area (Å²) in [4.78, 5) is 17.6. The minimum Gasteiger partial charge on any atom is -0.497 e. The fourth-order valence-corrected chi connectivity index (χ4v) is 3.41. The van der Waals surface area contributed by atoms with Gasteiger partial charge in [-0.05, 0) is 36.8 Å². The number of methoxy groups -OCH3 is 1. The number of para-hydroxylation sites is 1. The summed E-state index contributed by atoms with van der Waals surface area (Å²) < 4.78 is 10.6. The lowest BCUT2D eigenvalue weighted by Gasteiger charge is -2.05. The number of aryl methyl sites for hydroxylation is 1. The molecule has 2 aromatic carbocycles. The lowest BCUT2D eigenvalue weighted by molar-refractivity contribution is -0.118. The first kappa shape index (κ1) is 17.9. The Kier molecular flexibility index (Phi) is 5.86. The number of anilines is 1. The standard InChI is InChI=1S/C20H20N2O3S/c1-14-18(12-15-8-10-16(24-2)11-9-15)26-20(21-14)22-19(23)13-25-17-6-4-3-5-7-17/h3-11H,12-13H2,1-2H3,(H,21,22,23). The molecule has 1 aromatic heterocycles. The molecular weight excluding hydrogens is 348 g/mol. The number of amides is 1. The van der Waals surface area contributed by atoms with E-state index in [4.69, 9.17) is 9.47 Å². The second-order valence-electron chi connectivity index (χ2n) is 5.70. The highest BCUT2D eigenvalue weighted by molar-refractivity contribution is 7.15. The predicted octanol–water partition coefficient (Wildman–Crippen LogP) is 4.07. The van der Waals surface area contributed by atoms with Crippen LogP contribution < -0.4 is 14.8 Å². The Labute approximate surface area is 156 Å². The Morgan fingerprint density at radius 3 is 2.50 bits per heavy atom. The Bertz CT molecular complexity index is 861. The molecule has 3 aromatic rings. The van der Waals surface area contributed by atoms with Crippen LogP contribution in [-0.2, 0) is 11.2 Å². The van der Waals surface area contributed by atoms with Crippen LogP contribution >= 0.6 is 11.3 Å². The van der Waals surface area contributed by atoms with Crippen molar-refractivity contribution in [2.45, 2.75) is 13.3 Å². The zero-order valence-corrected chi connectivity index (χ0v) is 15.5. The molecular formula is C20H20N2O3S. The van der Waals surface area contributed by atoms with E-state index in [2.05, 4.69) is 10.3 Å². The smallest absolute Gasteiger partial charge is 0.264 e. The van der Waals surface area contributed by atoms with E-state index in [1.165, 1.54) is 16.9 Å². The van der Waals surface area contributed by atoms with E-state index in [0.29, 0.717) is 10.9 Å². The van der Waals surface area contributed by atoms with Gasteiger partial charge in [0.05, 0.1) is 12.8 Å². The van der Waals surface area contributed by atoms with Gasteiger partial charge < -0.3 is 9.47 Å². The van der Waals surface area contributed by atoms with Crippen LogP contribution in [0.15, 0.2) is 54.6 Å². The largest absolute Gasteiger partial charge is 0.497 e. The van der Waals surface area contributed by atoms with Gasteiger partial charge in [-0.1, -0.05) is 30.3 Å². The average molecular weight is 368 g/mol. The predicted molar refractivity (Wildman–Crippen MR) is 103 cm³/mol. The van der Waals surface area contributed by atoms with Gasteiger partial charge in [-0.25, -0.2) is 4.98 Å². The van der Waals surface area contributed by atoms with Gasteiger partial charge in [-0.2, -0.15) is 0 Å². The molecule has 134 valence electrons. The van der Waals surface area contributed by atoms with Gasteiger partial charge in [0.1, 0.15) is 11.5 Å². The molecule has 3 rings (SSSR count). The van der Waals surface area contributed by atoms with E-state index < -0.39 is 0 Å². The third kappa shape index (κ3) is 4.83. The summed E-state index contributed by atoms with van der Waals surface area (Å²) >= 11 is 1.48. The number of carbonyl (C=O) groups excluding carboxylic acids is 1. The Hall–Kier alpha value is -2.86. The van der Waals surface area contributed by atoms with Crippen LogP contribution in [0, 0.1) is 6.92 Å². The summed E-state index contributed by atoms with van der Waals surface area (Å²) in [7, 11) is 1.65. The van der Waals surface area contributed by atoms with Gasteiger partial charge >= 0.3 is 0 Å². The Morgan fingerprint density at radius 2 is 1.81 bits per heavy atom. The van der Waals surface area contributed by atoms with Gasteiger partial charge in [-0.15, -0.1) is 11.3 Å². The molecule has 1 amide bonds. The second-order valence-corrected chi connectivity index (χ2v) is 6.79. The molecule has 0 unspecified atom stereocenters. The molecule has 5 nitrogen and oxygen atoms in total. The third-order valence-corrected chi connectivity index (χ3v) is 4.85. The highest BCUT2D eigenvalue weighted by atomic mass is 32.1. The molecule has 0 spiro atoms. The molecule has 0 aliphatic carbocycles. The fourth-order valence-electron chi connectivity index (χ4n) is 2.40. The maximum absolute atomic E-state index is 12.1. The molecule has 0 radical (unpaired) electrons. The van der Waals surface area contributed by atoms with Gasteiger partial charge in [0.15, 0.2) is 11.7 Å². The number of benzene rings is 2. The van der Waals surface area contributed by atoms with Crippen LogP contribution in [-0.4, -0.2) is 24.6 Å². The number of thiazole rings is 1. The lowest BCUT2D eigenvalue weighted by atomic mass is 10.1. The number of nitrogens with one attached hydrogen (secondary N) is 1. The summed E-state index contributed by atoms with van der Waals surface area (Å²) in [5.41, 5.74) is 2.09. The van der Waals surface area contributed by atoms with Crippen molar-refractivity contribution >= 4 is 22.4 Å². The molecule has 0 bridgehead atoms. The van der Waals surface area contributed by atoms with Crippen molar-refractivity contribution in [2.24, 2.45) is 0 Å². The number of rotatable bonds is 7. The topological polar surface area (TPSA) is 60.5 Å². The van der Waals surface area contributed by atoms with Gasteiger partial charge in [0.2, 0.25) is 0 Å². The molecule has 6 heteroatoms. The average Bonchev–Trinajstić information content (AvgIpc) is 3.00. The van der Waals surface area contributed by atoms with Crippen molar-refractivity contribution in [3.05, 3.63) is 70.7 Å². The molecule has 0 fully saturated rings. The van der Waals surface area contributed by atoms with Crippen LogP contribution in [0.25, 0.3) is 0 Å². The highest BCUT2D eigenvalue weighted by Crippen LogP contribution is 2.26. The molecule has 0 saturated carbocycles. The summed E-state index contributed by atoms with van der Waals surface area (Å²) in [5.74, 6) is 1.28. The van der Waals surface area contributed by atoms with Crippen LogP contribution in [0.5, 0.6) is 11.5 Å². The maximum Gasteiger partial charge on any atom is 0.264 e. The Morgan fingerprint density at radius 1 is 1.08 bits per heavy atom. The van der Waals surface area contributed by atoms with Crippen molar-refractivity contribution in [1.29, 1.82) is 0 Å². The van der Waals surface area contributed by atoms with E-state index in [0.717, 1.165) is 22.7 Å². The Balaban J connectivity index is 1.57. The van der Waals surface area contributed by atoms with E-state index in [1.807, 2.05) is 61.5 Å². The number of carbonyl (C=O) groups is 1. The first-order valence-electron chi connectivity index (χ1n) is 8.21. The molecule has 1 N–H and O–H groups in total. The van der Waals surface area contributed by atoms with Crippen molar-refractivity contribution < 1.29 is 14.3 Å². The van der Waals surface area contributed by atoms with Crippen molar-refractivity contribution in [2.75, 3.05) is 19.0 Å². The third-order valence-electron chi connectivity index (χ3n) is 3.78. The summed E-state index contributed by atoms with van der Waals surface area (Å²) in [6.07, 6.45) is 0.768. The highest BCUT2D eigenvalue weighted by Gasteiger charge is 2.11. The zero-order chi connectivity index (χ0) is 18.4. The minimum atomic E-state index is -0.224. The number of aromatic nitrogens is 1. The van der Waals surface area contributed by atoms with E-state index in [1.54, 1.807) is 7.11 Å². The molecule has 0 saturated heterocycles. The van der Waals surface area contributed by atoms with Crippen LogP contribution in [0.2, 0.25) is 0 Å². The van der Waals surface area contributed by atoms with Gasteiger partial charge in [0, 0.05) is 11.3 Å². The van der Waals surface area contributed by atoms with E-state index in [9.17, 15) is 4.79 Å². The SMILES string of the molecule is COc1ccc(Cc2sc(NC(=O)COc3ccccc3)nc2C)cc1. The normalized spacial score (nSPS) is 10.4. The lowest BCUT2D eigenvalue weighted by Crippen LogP contribution is -2.20. The minimum absolute atomic E-state index is 0.0452. The first-order chi connectivity index (χ1) is 12.6. The first-order valence-corrected chi connectivity index (χ1v) is 9.02. The van der Waals surface area contributed by atoms with Crippen LogP contribution in [0.3, 0.4) is 0 Å². The molecule has 0 aliphatic rings. The summed E-state index contributed by atoms with van der Waals surface area (Å²) in [5, 5.41) is 3.39. The summed E-state index contributed by atoms with van der Waals surface area (Å²) in [6.45, 7) is 1.90. The van der Waals surface area contributed by atoms with Gasteiger partial charge in [-0.3, -0.25) is 10.1 Å². The van der Waals surface area contributed by atoms with E-state index in [-0.39, 0.29) is 12.5 Å².